The zero-order chi connectivity index (χ0) is 9.11. The quantitative estimate of drug-likeness (QED) is 0.342. The van der Waals surface area contributed by atoms with Crippen LogP contribution in [0.5, 0.6) is 0 Å². The Morgan fingerprint density at radius 2 is 1.91 bits per heavy atom. The van der Waals surface area contributed by atoms with Crippen molar-refractivity contribution in [2.75, 3.05) is 6.61 Å². The third kappa shape index (κ3) is 8.76. The Bertz CT molecular complexity index is 134. The van der Waals surface area contributed by atoms with E-state index in [-0.39, 0.29) is 0 Å². The van der Waals surface area contributed by atoms with E-state index in [0.29, 0.717) is 6.61 Å². The van der Waals surface area contributed by atoms with E-state index < -0.39 is 0 Å². The second-order valence-corrected chi connectivity index (χ2v) is 1.55. The second-order valence-electron chi connectivity index (χ2n) is 1.55. The lowest BCUT2D eigenvalue weighted by atomic mass is 10.3. The topological polar surface area (TPSA) is 9.23 Å². The van der Waals surface area contributed by atoms with Gasteiger partial charge in [0, 0.05) is 0 Å². The Morgan fingerprint density at radius 1 is 1.36 bits per heavy atom. The first-order chi connectivity index (χ1) is 5.35. The molecule has 1 heteroatoms. The minimum atomic E-state index is 0.573. The van der Waals surface area contributed by atoms with Crippen LogP contribution in [0, 0.1) is 0 Å². The van der Waals surface area contributed by atoms with Crippen molar-refractivity contribution in [3.63, 3.8) is 0 Å². The highest BCUT2D eigenvalue weighted by molar-refractivity contribution is 5.15. The van der Waals surface area contributed by atoms with Gasteiger partial charge >= 0.3 is 0 Å². The molecule has 0 saturated heterocycles. The van der Waals surface area contributed by atoms with Gasteiger partial charge < -0.3 is 4.74 Å². The number of hydrogen-bond acceptors (Lipinski definition) is 1. The first-order valence-electron chi connectivity index (χ1n) is 3.35. The lowest BCUT2D eigenvalue weighted by Crippen LogP contribution is -1.88. The smallest absolute Gasteiger partial charge is 0.112 e. The number of allylic oxidation sites excluding steroid dienone is 1. The monoisotopic (exact) mass is 152 g/mol. The van der Waals surface area contributed by atoms with Crippen LogP contribution in [0.3, 0.4) is 0 Å². The molecule has 0 aliphatic heterocycles. The van der Waals surface area contributed by atoms with Crippen LogP contribution >= 0.6 is 0 Å². The Morgan fingerprint density at radius 3 is 2.18 bits per heavy atom. The Hall–Kier alpha value is -1.24. The van der Waals surface area contributed by atoms with Crippen molar-refractivity contribution in [2.45, 2.75) is 6.92 Å². The first kappa shape index (κ1) is 12.4. The van der Waals surface area contributed by atoms with Crippen LogP contribution in [0.25, 0.3) is 0 Å². The molecule has 0 aromatic rings. The molecule has 0 unspecified atom stereocenters. The minimum absolute atomic E-state index is 0.573. The molecule has 0 rings (SSSR count). The van der Waals surface area contributed by atoms with Crippen LogP contribution < -0.4 is 0 Å². The Kier molecular flexibility index (Phi) is 13.1. The molecule has 0 atom stereocenters. The van der Waals surface area contributed by atoms with Gasteiger partial charge in [-0.25, -0.2) is 0 Å². The lowest BCUT2D eigenvalue weighted by molar-refractivity contribution is 0.284. The van der Waals surface area contributed by atoms with Crippen molar-refractivity contribution in [1.29, 1.82) is 0 Å². The average molecular weight is 152 g/mol. The predicted octanol–water partition coefficient (Wildman–Crippen LogP) is 3.08. The maximum absolute atomic E-state index is 4.90. The summed E-state index contributed by atoms with van der Waals surface area (Å²) in [6.45, 7) is 15.5. The summed E-state index contributed by atoms with van der Waals surface area (Å²) in [6, 6.07) is 0. The molecule has 62 valence electrons. The summed E-state index contributed by atoms with van der Waals surface area (Å²) >= 11 is 0. The highest BCUT2D eigenvalue weighted by atomic mass is 16.5. The molecule has 0 aromatic carbocycles. The summed E-state index contributed by atoms with van der Waals surface area (Å²) in [4.78, 5) is 0. The summed E-state index contributed by atoms with van der Waals surface area (Å²) < 4.78 is 4.90. The van der Waals surface area contributed by atoms with E-state index in [1.165, 1.54) is 6.26 Å². The van der Waals surface area contributed by atoms with Crippen LogP contribution in [0.15, 0.2) is 50.3 Å². The summed E-state index contributed by atoms with van der Waals surface area (Å²) in [5.74, 6) is 0. The number of ether oxygens (including phenoxy) is 1. The SMILES string of the molecule is C=C.C=COC/C(C=C)=C/C. The van der Waals surface area contributed by atoms with Gasteiger partial charge in [-0.15, -0.1) is 13.2 Å². The fourth-order valence-electron chi connectivity index (χ4n) is 0.415. The van der Waals surface area contributed by atoms with Crippen LogP contribution in [0.4, 0.5) is 0 Å². The van der Waals surface area contributed by atoms with Crippen LogP contribution in [0.1, 0.15) is 6.92 Å². The van der Waals surface area contributed by atoms with Crippen molar-refractivity contribution in [2.24, 2.45) is 0 Å². The third-order valence-electron chi connectivity index (χ3n) is 1.00. The largest absolute Gasteiger partial charge is 0.497 e. The summed E-state index contributed by atoms with van der Waals surface area (Å²) in [6.07, 6.45) is 5.15. The second kappa shape index (κ2) is 11.5. The fourth-order valence-corrected chi connectivity index (χ4v) is 0.415. The van der Waals surface area contributed by atoms with Gasteiger partial charge in [0.05, 0.1) is 6.26 Å². The van der Waals surface area contributed by atoms with E-state index in [9.17, 15) is 0 Å². The first-order valence-corrected chi connectivity index (χ1v) is 3.35. The van der Waals surface area contributed by atoms with Crippen molar-refractivity contribution in [1.82, 2.24) is 0 Å². The zero-order valence-corrected chi connectivity index (χ0v) is 7.18. The van der Waals surface area contributed by atoms with E-state index in [2.05, 4.69) is 26.3 Å². The van der Waals surface area contributed by atoms with Crippen molar-refractivity contribution in [3.05, 3.63) is 50.3 Å². The normalized spacial score (nSPS) is 9.00. The van der Waals surface area contributed by atoms with Crippen LogP contribution in [-0.4, -0.2) is 6.61 Å². The standard InChI is InChI=1S/C8H12O.C2H4/c1-4-8(5-2)7-9-6-3;1-2/h4-6H,1,3,7H2,2H3;1-2H2/b8-5+;. The molecule has 0 radical (unpaired) electrons. The molecule has 0 N–H and O–H groups in total. The molecule has 0 aromatic heterocycles. The number of rotatable bonds is 4. The van der Waals surface area contributed by atoms with E-state index in [1.807, 2.05) is 13.0 Å². The molecule has 0 saturated carbocycles. The van der Waals surface area contributed by atoms with Crippen molar-refractivity contribution < 1.29 is 4.74 Å². The van der Waals surface area contributed by atoms with E-state index in [1.54, 1.807) is 6.08 Å². The summed E-state index contributed by atoms with van der Waals surface area (Å²) in [5, 5.41) is 0. The van der Waals surface area contributed by atoms with Crippen LogP contribution in [-0.2, 0) is 4.74 Å². The van der Waals surface area contributed by atoms with Gasteiger partial charge in [0.1, 0.15) is 6.61 Å². The van der Waals surface area contributed by atoms with Crippen molar-refractivity contribution in [3.8, 4) is 0 Å². The van der Waals surface area contributed by atoms with Gasteiger partial charge in [0.25, 0.3) is 0 Å². The maximum atomic E-state index is 4.90. The highest BCUT2D eigenvalue weighted by Gasteiger charge is 1.84. The predicted molar refractivity (Wildman–Crippen MR) is 51.4 cm³/mol. The molecule has 0 fully saturated rings. The highest BCUT2D eigenvalue weighted by Crippen LogP contribution is 1.94. The Labute approximate surface area is 69.4 Å². The number of hydrogen-bond donors (Lipinski definition) is 0. The lowest BCUT2D eigenvalue weighted by Gasteiger charge is -1.98. The maximum Gasteiger partial charge on any atom is 0.112 e. The Balaban J connectivity index is 0. The molecule has 0 bridgehead atoms. The van der Waals surface area contributed by atoms with E-state index >= 15 is 0 Å². The van der Waals surface area contributed by atoms with E-state index in [0.717, 1.165) is 5.57 Å². The van der Waals surface area contributed by atoms with Gasteiger partial charge in [-0.05, 0) is 12.5 Å². The van der Waals surface area contributed by atoms with Gasteiger partial charge in [-0.1, -0.05) is 25.3 Å². The molecular weight excluding hydrogens is 136 g/mol. The molecule has 0 heterocycles. The fraction of sp³-hybridized carbons (Fsp3) is 0.200. The van der Waals surface area contributed by atoms with E-state index in [4.69, 9.17) is 4.74 Å². The molecule has 0 aliphatic rings. The zero-order valence-electron chi connectivity index (χ0n) is 7.18. The third-order valence-corrected chi connectivity index (χ3v) is 1.00. The molecular formula is C10H16O. The molecule has 1 nitrogen and oxygen atoms in total. The van der Waals surface area contributed by atoms with Crippen molar-refractivity contribution >= 4 is 0 Å². The van der Waals surface area contributed by atoms with Crippen LogP contribution in [0.2, 0.25) is 0 Å². The molecule has 0 spiro atoms. The summed E-state index contributed by atoms with van der Waals surface area (Å²) in [7, 11) is 0. The van der Waals surface area contributed by atoms with Gasteiger partial charge in [0.2, 0.25) is 0 Å². The molecule has 0 aliphatic carbocycles. The molecule has 11 heavy (non-hydrogen) atoms. The average Bonchev–Trinajstić information content (AvgIpc) is 2.10. The molecule has 0 amide bonds. The van der Waals surface area contributed by atoms with Gasteiger partial charge in [0.15, 0.2) is 0 Å². The van der Waals surface area contributed by atoms with Gasteiger partial charge in [-0.2, -0.15) is 0 Å². The summed E-state index contributed by atoms with van der Waals surface area (Å²) in [5.41, 5.74) is 1.08. The minimum Gasteiger partial charge on any atom is -0.497 e. The van der Waals surface area contributed by atoms with Gasteiger partial charge in [-0.3, -0.25) is 0 Å².